The van der Waals surface area contributed by atoms with Crippen molar-refractivity contribution in [2.45, 2.75) is 20.4 Å². The van der Waals surface area contributed by atoms with Crippen LogP contribution in [0.25, 0.3) is 16.9 Å². The van der Waals surface area contributed by atoms with Crippen molar-refractivity contribution in [1.82, 2.24) is 9.38 Å². The highest BCUT2D eigenvalue weighted by Crippen LogP contribution is 2.26. The number of hydrogen-bond acceptors (Lipinski definition) is 2. The third-order valence-corrected chi connectivity index (χ3v) is 3.49. The van der Waals surface area contributed by atoms with E-state index in [0.717, 1.165) is 28.2 Å². The predicted molar refractivity (Wildman–Crippen MR) is 78.0 cm³/mol. The van der Waals surface area contributed by atoms with E-state index in [1.165, 1.54) is 6.07 Å². The molecule has 4 heteroatoms. The molecule has 2 heterocycles. The van der Waals surface area contributed by atoms with Crippen LogP contribution in [0.2, 0.25) is 0 Å². The highest BCUT2D eigenvalue weighted by molar-refractivity contribution is 5.67. The van der Waals surface area contributed by atoms with Gasteiger partial charge < -0.3 is 10.1 Å². The Morgan fingerprint density at radius 3 is 2.70 bits per heavy atom. The van der Waals surface area contributed by atoms with E-state index in [2.05, 4.69) is 4.98 Å². The summed E-state index contributed by atoms with van der Waals surface area (Å²) in [6, 6.07) is 9.01. The van der Waals surface area contributed by atoms with Gasteiger partial charge in [0.05, 0.1) is 11.4 Å². The smallest absolute Gasteiger partial charge is 0.137 e. The number of rotatable bonds is 2. The fourth-order valence-corrected chi connectivity index (χ4v) is 2.42. The monoisotopic (exact) mass is 269 g/mol. The van der Waals surface area contributed by atoms with Crippen molar-refractivity contribution in [3.8, 4) is 11.3 Å². The van der Waals surface area contributed by atoms with E-state index in [0.29, 0.717) is 12.1 Å². The molecule has 2 aromatic heterocycles. The summed E-state index contributed by atoms with van der Waals surface area (Å²) >= 11 is 0. The Bertz CT molecular complexity index is 790. The zero-order valence-electron chi connectivity index (χ0n) is 11.5. The second kappa shape index (κ2) is 4.72. The minimum atomic E-state index is -0.206. The summed E-state index contributed by atoms with van der Waals surface area (Å²) in [6.45, 7) is 4.17. The summed E-state index contributed by atoms with van der Waals surface area (Å²) in [7, 11) is 0. The first-order valence-electron chi connectivity index (χ1n) is 6.54. The van der Waals surface area contributed by atoms with E-state index in [-0.39, 0.29) is 5.82 Å². The van der Waals surface area contributed by atoms with E-state index < -0.39 is 0 Å². The van der Waals surface area contributed by atoms with Gasteiger partial charge in [-0.25, -0.2) is 9.37 Å². The van der Waals surface area contributed by atoms with Crippen LogP contribution in [0.4, 0.5) is 4.39 Å². The molecule has 0 amide bonds. The third-order valence-electron chi connectivity index (χ3n) is 3.49. The number of aromatic nitrogens is 2. The normalized spacial score (nSPS) is 11.2. The maximum Gasteiger partial charge on any atom is 0.137 e. The summed E-state index contributed by atoms with van der Waals surface area (Å²) in [5.41, 5.74) is 11.1. The molecule has 0 aliphatic heterocycles. The minimum Gasteiger partial charge on any atom is -0.325 e. The molecule has 0 saturated heterocycles. The van der Waals surface area contributed by atoms with Gasteiger partial charge in [-0.05, 0) is 49.2 Å². The number of hydrogen-bond donors (Lipinski definition) is 1. The molecule has 0 bridgehead atoms. The van der Waals surface area contributed by atoms with Gasteiger partial charge in [0, 0.05) is 18.3 Å². The molecule has 0 fully saturated rings. The fourth-order valence-electron chi connectivity index (χ4n) is 2.42. The van der Waals surface area contributed by atoms with Crippen LogP contribution in [-0.2, 0) is 6.54 Å². The number of imidazole rings is 1. The Hall–Kier alpha value is -2.20. The van der Waals surface area contributed by atoms with Crippen LogP contribution in [0.1, 0.15) is 16.8 Å². The van der Waals surface area contributed by atoms with Crippen LogP contribution in [0.15, 0.2) is 36.5 Å². The highest BCUT2D eigenvalue weighted by atomic mass is 19.1. The standard InChI is InChI=1S/C16H16FN3/c1-10-3-6-15-19-16(14(8-18)20(15)9-10)12-4-5-13(17)11(2)7-12/h3-7,9H,8,18H2,1-2H3. The second-order valence-corrected chi connectivity index (χ2v) is 5.01. The number of benzene rings is 1. The summed E-state index contributed by atoms with van der Waals surface area (Å²) in [6.07, 6.45) is 2.02. The first kappa shape index (κ1) is 12.8. The van der Waals surface area contributed by atoms with Crippen LogP contribution >= 0.6 is 0 Å². The lowest BCUT2D eigenvalue weighted by Gasteiger charge is -2.04. The van der Waals surface area contributed by atoms with Crippen molar-refractivity contribution < 1.29 is 4.39 Å². The number of fused-ring (bicyclic) bond motifs is 1. The Balaban J connectivity index is 2.27. The molecule has 3 aromatic rings. The topological polar surface area (TPSA) is 43.3 Å². The molecule has 0 atom stereocenters. The van der Waals surface area contributed by atoms with Gasteiger partial charge in [0.1, 0.15) is 11.5 Å². The lowest BCUT2D eigenvalue weighted by molar-refractivity contribution is 0.618. The van der Waals surface area contributed by atoms with Crippen LogP contribution in [-0.4, -0.2) is 9.38 Å². The molecule has 1 aromatic carbocycles. The number of halogens is 1. The molecule has 0 unspecified atom stereocenters. The van der Waals surface area contributed by atoms with Gasteiger partial charge >= 0.3 is 0 Å². The first-order chi connectivity index (χ1) is 9.60. The van der Waals surface area contributed by atoms with E-state index in [9.17, 15) is 4.39 Å². The van der Waals surface area contributed by atoms with Crippen molar-refractivity contribution >= 4 is 5.65 Å². The van der Waals surface area contributed by atoms with Crippen LogP contribution in [0.3, 0.4) is 0 Å². The average molecular weight is 269 g/mol. The van der Waals surface area contributed by atoms with Crippen LogP contribution in [0.5, 0.6) is 0 Å². The van der Waals surface area contributed by atoms with Gasteiger partial charge in [-0.1, -0.05) is 6.07 Å². The summed E-state index contributed by atoms with van der Waals surface area (Å²) in [5, 5.41) is 0. The first-order valence-corrected chi connectivity index (χ1v) is 6.54. The van der Waals surface area contributed by atoms with Gasteiger partial charge in [-0.2, -0.15) is 0 Å². The third kappa shape index (κ3) is 1.98. The maximum absolute atomic E-state index is 13.4. The Kier molecular flexibility index (Phi) is 3.03. The average Bonchev–Trinajstić information content (AvgIpc) is 2.79. The van der Waals surface area contributed by atoms with Crippen molar-refractivity contribution in [2.75, 3.05) is 0 Å². The number of nitrogens with zero attached hydrogens (tertiary/aromatic N) is 2. The van der Waals surface area contributed by atoms with Crippen molar-refractivity contribution in [2.24, 2.45) is 5.73 Å². The molecule has 0 spiro atoms. The molecule has 2 N–H and O–H groups in total. The molecular formula is C16H16FN3. The molecule has 0 aliphatic rings. The van der Waals surface area contributed by atoms with Crippen LogP contribution < -0.4 is 5.73 Å². The summed E-state index contributed by atoms with van der Waals surface area (Å²) in [5.74, 6) is -0.206. The molecule has 20 heavy (non-hydrogen) atoms. The highest BCUT2D eigenvalue weighted by Gasteiger charge is 2.13. The van der Waals surface area contributed by atoms with Gasteiger partial charge in [-0.3, -0.25) is 0 Å². The Morgan fingerprint density at radius 1 is 1.20 bits per heavy atom. The molecular weight excluding hydrogens is 253 g/mol. The summed E-state index contributed by atoms with van der Waals surface area (Å²) < 4.78 is 15.4. The Morgan fingerprint density at radius 2 is 2.00 bits per heavy atom. The van der Waals surface area contributed by atoms with Gasteiger partial charge in [0.15, 0.2) is 0 Å². The SMILES string of the molecule is Cc1ccc2nc(-c3ccc(F)c(C)c3)c(CN)n2c1. The quantitative estimate of drug-likeness (QED) is 0.776. The zero-order chi connectivity index (χ0) is 14.3. The molecule has 102 valence electrons. The predicted octanol–water partition coefficient (Wildman–Crippen LogP) is 3.22. The second-order valence-electron chi connectivity index (χ2n) is 5.01. The van der Waals surface area contributed by atoms with Crippen molar-refractivity contribution in [3.63, 3.8) is 0 Å². The van der Waals surface area contributed by atoms with E-state index in [1.807, 2.05) is 35.7 Å². The van der Waals surface area contributed by atoms with Gasteiger partial charge in [0.25, 0.3) is 0 Å². The summed E-state index contributed by atoms with van der Waals surface area (Å²) in [4.78, 5) is 4.63. The Labute approximate surface area is 116 Å². The number of aryl methyl sites for hydroxylation is 2. The molecule has 3 nitrogen and oxygen atoms in total. The van der Waals surface area contributed by atoms with Gasteiger partial charge in [-0.15, -0.1) is 0 Å². The van der Waals surface area contributed by atoms with Gasteiger partial charge in [0.2, 0.25) is 0 Å². The number of pyridine rings is 1. The van der Waals surface area contributed by atoms with E-state index in [1.54, 1.807) is 13.0 Å². The molecule has 0 radical (unpaired) electrons. The number of nitrogens with two attached hydrogens (primary N) is 1. The van der Waals surface area contributed by atoms with Crippen LogP contribution in [0, 0.1) is 19.7 Å². The molecule has 0 aliphatic carbocycles. The van der Waals surface area contributed by atoms with Crippen molar-refractivity contribution in [1.29, 1.82) is 0 Å². The lowest BCUT2D eigenvalue weighted by atomic mass is 10.1. The molecule has 0 saturated carbocycles. The van der Waals surface area contributed by atoms with E-state index >= 15 is 0 Å². The van der Waals surface area contributed by atoms with Crippen molar-refractivity contribution in [3.05, 3.63) is 59.2 Å². The largest absolute Gasteiger partial charge is 0.325 e. The maximum atomic E-state index is 13.4. The lowest BCUT2D eigenvalue weighted by Crippen LogP contribution is -2.03. The minimum absolute atomic E-state index is 0.206. The zero-order valence-corrected chi connectivity index (χ0v) is 11.5. The molecule has 3 rings (SSSR count). The van der Waals surface area contributed by atoms with E-state index in [4.69, 9.17) is 5.73 Å². The fraction of sp³-hybridized carbons (Fsp3) is 0.188.